The van der Waals surface area contributed by atoms with Crippen molar-refractivity contribution in [2.45, 2.75) is 27.3 Å². The Hall–Kier alpha value is -3.38. The van der Waals surface area contributed by atoms with Gasteiger partial charge in [0, 0.05) is 17.2 Å². The van der Waals surface area contributed by atoms with Crippen LogP contribution in [0.1, 0.15) is 22.3 Å². The molecule has 0 atom stereocenters. The van der Waals surface area contributed by atoms with E-state index in [2.05, 4.69) is 73.8 Å². The molecule has 0 unspecified atom stereocenters. The van der Waals surface area contributed by atoms with Crippen molar-refractivity contribution in [1.29, 1.82) is 0 Å². The molecule has 0 spiro atoms. The first-order valence-electron chi connectivity index (χ1n) is 9.50. The van der Waals surface area contributed by atoms with Gasteiger partial charge in [-0.05, 0) is 60.2 Å². The maximum absolute atomic E-state index is 7.24. The van der Waals surface area contributed by atoms with Crippen LogP contribution >= 0.6 is 0 Å². The van der Waals surface area contributed by atoms with Crippen LogP contribution in [0.25, 0.3) is 37.6 Å². The predicted octanol–water partition coefficient (Wildman–Crippen LogP) is 5.93. The monoisotopic (exact) mass is 365 g/mol. The third-order valence-electron chi connectivity index (χ3n) is 5.96. The molecule has 1 aromatic heterocycles. The Morgan fingerprint density at radius 1 is 1.04 bits per heavy atom. The van der Waals surface area contributed by atoms with Gasteiger partial charge in [-0.15, -0.1) is 0 Å². The molecule has 2 heterocycles. The number of rotatable bonds is 1. The van der Waals surface area contributed by atoms with Gasteiger partial charge in [0.15, 0.2) is 6.20 Å². The van der Waals surface area contributed by atoms with Gasteiger partial charge in [0.1, 0.15) is 18.5 Å². The van der Waals surface area contributed by atoms with Crippen LogP contribution in [0.2, 0.25) is 0 Å². The summed E-state index contributed by atoms with van der Waals surface area (Å²) in [5.74, 6) is 1.79. The molecule has 136 valence electrons. The van der Waals surface area contributed by atoms with Crippen LogP contribution in [0.4, 0.5) is 0 Å². The van der Waals surface area contributed by atoms with E-state index in [0.29, 0.717) is 6.54 Å². The van der Waals surface area contributed by atoms with Gasteiger partial charge in [-0.2, -0.15) is 0 Å². The van der Waals surface area contributed by atoms with E-state index in [9.17, 15) is 0 Å². The van der Waals surface area contributed by atoms with Crippen molar-refractivity contribution in [3.8, 4) is 22.8 Å². The van der Waals surface area contributed by atoms with Crippen molar-refractivity contribution in [3.05, 3.63) is 76.3 Å². The van der Waals surface area contributed by atoms with Gasteiger partial charge in [0.2, 0.25) is 12.2 Å². The van der Waals surface area contributed by atoms with E-state index in [1.54, 1.807) is 0 Å². The summed E-state index contributed by atoms with van der Waals surface area (Å²) < 4.78 is 8.73. The Kier molecular flexibility index (Phi) is 3.48. The summed E-state index contributed by atoms with van der Waals surface area (Å²) in [5, 5.41) is 4.80. The zero-order chi connectivity index (χ0) is 19.6. The summed E-state index contributed by atoms with van der Waals surface area (Å²) >= 11 is 0. The molecule has 1 aliphatic heterocycles. The number of aromatic nitrogens is 1. The maximum Gasteiger partial charge on any atom is 0.239 e. The number of aryl methyl sites for hydroxylation is 4. The minimum atomic E-state index is 0.366. The van der Waals surface area contributed by atoms with Gasteiger partial charge in [-0.25, -0.2) is 11.1 Å². The summed E-state index contributed by atoms with van der Waals surface area (Å²) in [5.41, 5.74) is 7.07. The SMILES string of the molecule is [C-]#[N+]Cc1cc2c3c([n+](C)ccc3c1)-c1c(c(C)c3cccc(C)c3c1C)O2. The minimum Gasteiger partial charge on any atom is -0.455 e. The van der Waals surface area contributed by atoms with Crippen molar-refractivity contribution in [2.24, 2.45) is 7.05 Å². The van der Waals surface area contributed by atoms with Crippen LogP contribution in [-0.2, 0) is 13.6 Å². The second-order valence-corrected chi connectivity index (χ2v) is 7.70. The number of hydrogen-bond donors (Lipinski definition) is 0. The fourth-order valence-electron chi connectivity index (χ4n) is 4.69. The quantitative estimate of drug-likeness (QED) is 0.266. The zero-order valence-corrected chi connectivity index (χ0v) is 16.6. The highest BCUT2D eigenvalue weighted by molar-refractivity contribution is 6.07. The summed E-state index contributed by atoms with van der Waals surface area (Å²) in [6.07, 6.45) is 2.11. The zero-order valence-electron chi connectivity index (χ0n) is 16.6. The molecule has 0 bridgehead atoms. The topological polar surface area (TPSA) is 17.5 Å². The van der Waals surface area contributed by atoms with E-state index < -0.39 is 0 Å². The Morgan fingerprint density at radius 2 is 1.86 bits per heavy atom. The lowest BCUT2D eigenvalue weighted by Gasteiger charge is -2.24. The number of pyridine rings is 1. The van der Waals surface area contributed by atoms with Crippen LogP contribution in [0, 0.1) is 27.3 Å². The number of benzene rings is 3. The van der Waals surface area contributed by atoms with Gasteiger partial charge in [0.25, 0.3) is 0 Å². The lowest BCUT2D eigenvalue weighted by molar-refractivity contribution is -0.659. The number of ether oxygens (including phenoxy) is 1. The Balaban J connectivity index is 1.98. The minimum absolute atomic E-state index is 0.366. The number of nitrogens with zero attached hydrogens (tertiary/aromatic N) is 2. The molecule has 3 aromatic carbocycles. The van der Waals surface area contributed by atoms with Crippen molar-refractivity contribution in [3.63, 3.8) is 0 Å². The summed E-state index contributed by atoms with van der Waals surface area (Å²) in [6, 6.07) is 12.7. The van der Waals surface area contributed by atoms with E-state index in [4.69, 9.17) is 11.3 Å². The van der Waals surface area contributed by atoms with E-state index in [-0.39, 0.29) is 0 Å². The van der Waals surface area contributed by atoms with E-state index in [1.165, 1.54) is 33.2 Å². The highest BCUT2D eigenvalue weighted by atomic mass is 16.5. The second kappa shape index (κ2) is 5.81. The number of hydrogen-bond acceptors (Lipinski definition) is 1. The molecule has 5 rings (SSSR count). The van der Waals surface area contributed by atoms with Crippen molar-refractivity contribution >= 4 is 21.5 Å². The normalized spacial score (nSPS) is 12.0. The van der Waals surface area contributed by atoms with Gasteiger partial charge in [-0.3, -0.25) is 0 Å². The molecule has 1 aliphatic rings. The third kappa shape index (κ3) is 2.12. The van der Waals surface area contributed by atoms with Gasteiger partial charge >= 0.3 is 0 Å². The Labute approximate surface area is 164 Å². The highest BCUT2D eigenvalue weighted by Crippen LogP contribution is 2.50. The van der Waals surface area contributed by atoms with Crippen molar-refractivity contribution in [2.75, 3.05) is 0 Å². The van der Waals surface area contributed by atoms with Crippen molar-refractivity contribution < 1.29 is 9.30 Å². The first-order valence-corrected chi connectivity index (χ1v) is 9.50. The molecular weight excluding hydrogens is 344 g/mol. The van der Waals surface area contributed by atoms with Gasteiger partial charge < -0.3 is 9.58 Å². The van der Waals surface area contributed by atoms with Gasteiger partial charge in [-0.1, -0.05) is 18.2 Å². The summed E-state index contributed by atoms with van der Waals surface area (Å²) in [4.78, 5) is 3.56. The molecule has 3 heteroatoms. The molecule has 3 nitrogen and oxygen atoms in total. The van der Waals surface area contributed by atoms with E-state index >= 15 is 0 Å². The lowest BCUT2D eigenvalue weighted by Crippen LogP contribution is -2.32. The standard InChI is InChI=1S/C25H21N2O/c1-14-7-6-8-19-15(2)25-22(16(3)21(14)19)24-23-18(9-10-27(24)5)11-17(13-26-4)12-20(23)28-25/h6-12H,13H2,1-3,5H3/q+1. The summed E-state index contributed by atoms with van der Waals surface area (Å²) in [6.45, 7) is 14.1. The van der Waals surface area contributed by atoms with Crippen LogP contribution in [0.15, 0.2) is 42.6 Å². The molecule has 0 saturated heterocycles. The lowest BCUT2D eigenvalue weighted by atomic mass is 9.87. The third-order valence-corrected chi connectivity index (χ3v) is 5.96. The maximum atomic E-state index is 7.24. The number of fused-ring (bicyclic) bond motifs is 3. The largest absolute Gasteiger partial charge is 0.455 e. The molecule has 4 aromatic rings. The Bertz CT molecular complexity index is 1360. The van der Waals surface area contributed by atoms with E-state index in [1.807, 2.05) is 6.07 Å². The fourth-order valence-corrected chi connectivity index (χ4v) is 4.69. The first kappa shape index (κ1) is 16.8. The van der Waals surface area contributed by atoms with Crippen LogP contribution in [-0.4, -0.2) is 0 Å². The van der Waals surface area contributed by atoms with Crippen molar-refractivity contribution in [1.82, 2.24) is 0 Å². The van der Waals surface area contributed by atoms with E-state index in [0.717, 1.165) is 33.4 Å². The average Bonchev–Trinajstić information content (AvgIpc) is 2.68. The van der Waals surface area contributed by atoms with Gasteiger partial charge in [0.05, 0.1) is 10.9 Å². The summed E-state index contributed by atoms with van der Waals surface area (Å²) in [7, 11) is 2.09. The second-order valence-electron chi connectivity index (χ2n) is 7.70. The van der Waals surface area contributed by atoms with Crippen LogP contribution in [0.3, 0.4) is 0 Å². The molecule has 0 N–H and O–H groups in total. The Morgan fingerprint density at radius 3 is 2.64 bits per heavy atom. The molecule has 28 heavy (non-hydrogen) atoms. The molecule has 0 radical (unpaired) electrons. The smallest absolute Gasteiger partial charge is 0.239 e. The average molecular weight is 365 g/mol. The first-order chi connectivity index (χ1) is 13.5. The van der Waals surface area contributed by atoms with Crippen LogP contribution < -0.4 is 9.30 Å². The molecule has 0 fully saturated rings. The molecule has 0 saturated carbocycles. The van der Waals surface area contributed by atoms with Crippen LogP contribution in [0.5, 0.6) is 11.5 Å². The fraction of sp³-hybridized carbons (Fsp3) is 0.200. The molecular formula is C25H21N2O+. The molecule has 0 aliphatic carbocycles. The molecule has 0 amide bonds. The highest BCUT2D eigenvalue weighted by Gasteiger charge is 2.32. The predicted molar refractivity (Wildman–Crippen MR) is 113 cm³/mol.